The van der Waals surface area contributed by atoms with Crippen LogP contribution in [-0.4, -0.2) is 0 Å². The number of rotatable bonds is 0. The second-order valence-corrected chi connectivity index (χ2v) is 0.667. The molecule has 0 saturated heterocycles. The molecule has 0 saturated carbocycles. The first-order chi connectivity index (χ1) is 1.91. The minimum absolute atomic E-state index is 0. The molecule has 0 aliphatic heterocycles. The van der Waals surface area contributed by atoms with Crippen molar-refractivity contribution in [2.45, 2.75) is 13.8 Å². The van der Waals surface area contributed by atoms with E-state index < -0.39 is 0 Å². The van der Waals surface area contributed by atoms with E-state index in [0.717, 1.165) is 0 Å². The predicted molar refractivity (Wildman–Crippen MR) is 20.5 cm³/mol. The van der Waals surface area contributed by atoms with Crippen LogP contribution in [0.25, 0.3) is 0 Å². The average molecular weight is 115 g/mol. The minimum Gasteiger partial charge on any atom is -0.0919 e. The Hall–Kier alpha value is 0.234. The van der Waals surface area contributed by atoms with Crippen LogP contribution in [0.1, 0.15) is 13.8 Å². The molecule has 0 heterocycles. The maximum Gasteiger partial charge on any atom is 0 e. The SMILES string of the molecule is CC=CC.[Ni]. The third-order valence-corrected chi connectivity index (χ3v) is 0.333. The molecule has 0 N–H and O–H groups in total. The molecular weight excluding hydrogens is 107 g/mol. The van der Waals surface area contributed by atoms with Crippen LogP contribution < -0.4 is 0 Å². The monoisotopic (exact) mass is 114 g/mol. The first kappa shape index (κ1) is 8.97. The molecule has 0 nitrogen and oxygen atoms in total. The van der Waals surface area contributed by atoms with E-state index in [1.807, 2.05) is 26.0 Å². The fourth-order valence-electron chi connectivity index (χ4n) is 0. The predicted octanol–water partition coefficient (Wildman–Crippen LogP) is 1.58. The van der Waals surface area contributed by atoms with E-state index in [4.69, 9.17) is 0 Å². The van der Waals surface area contributed by atoms with Gasteiger partial charge in [-0.25, -0.2) is 0 Å². The van der Waals surface area contributed by atoms with Crippen molar-refractivity contribution in [2.75, 3.05) is 0 Å². The van der Waals surface area contributed by atoms with Gasteiger partial charge in [-0.15, -0.1) is 0 Å². The van der Waals surface area contributed by atoms with Gasteiger partial charge in [0.25, 0.3) is 0 Å². The summed E-state index contributed by atoms with van der Waals surface area (Å²) >= 11 is 0. The van der Waals surface area contributed by atoms with E-state index in [1.165, 1.54) is 0 Å². The van der Waals surface area contributed by atoms with E-state index >= 15 is 0 Å². The summed E-state index contributed by atoms with van der Waals surface area (Å²) in [5, 5.41) is 0. The molecule has 1 heteroatoms. The van der Waals surface area contributed by atoms with E-state index in [1.54, 1.807) is 0 Å². The number of hydrogen-bond donors (Lipinski definition) is 0. The molecule has 0 aromatic rings. The normalized spacial score (nSPS) is 7.60. The van der Waals surface area contributed by atoms with E-state index in [9.17, 15) is 0 Å². The Labute approximate surface area is 43.2 Å². The molecule has 34 valence electrons. The third-order valence-electron chi connectivity index (χ3n) is 0.333. The maximum atomic E-state index is 2.00. The van der Waals surface area contributed by atoms with Crippen molar-refractivity contribution in [2.24, 2.45) is 0 Å². The zero-order valence-corrected chi connectivity index (χ0v) is 4.46. The van der Waals surface area contributed by atoms with Crippen molar-refractivity contribution in [3.63, 3.8) is 0 Å². The molecule has 0 aliphatic rings. The summed E-state index contributed by atoms with van der Waals surface area (Å²) in [6, 6.07) is 0. The summed E-state index contributed by atoms with van der Waals surface area (Å²) in [6.07, 6.45) is 4.00. The van der Waals surface area contributed by atoms with Crippen LogP contribution in [0.15, 0.2) is 12.2 Å². The molecule has 0 aliphatic carbocycles. The molecule has 0 fully saturated rings. The fraction of sp³-hybridized carbons (Fsp3) is 0.500. The third kappa shape index (κ3) is 13.9. The molecule has 0 spiro atoms. The Balaban J connectivity index is 0. The van der Waals surface area contributed by atoms with Crippen molar-refractivity contribution in [1.82, 2.24) is 0 Å². The second-order valence-electron chi connectivity index (χ2n) is 0.667. The van der Waals surface area contributed by atoms with Crippen LogP contribution in [0.5, 0.6) is 0 Å². The van der Waals surface area contributed by atoms with E-state index in [2.05, 4.69) is 0 Å². The fourth-order valence-corrected chi connectivity index (χ4v) is 0. The van der Waals surface area contributed by atoms with Gasteiger partial charge in [0.15, 0.2) is 0 Å². The molecule has 0 radical (unpaired) electrons. The molecular formula is C4H8Ni. The topological polar surface area (TPSA) is 0 Å². The molecule has 0 rings (SSSR count). The first-order valence-electron chi connectivity index (χ1n) is 1.49. The largest absolute Gasteiger partial charge is 0.0919 e. The van der Waals surface area contributed by atoms with Gasteiger partial charge in [0, 0.05) is 16.5 Å². The van der Waals surface area contributed by atoms with Gasteiger partial charge in [0.05, 0.1) is 0 Å². The summed E-state index contributed by atoms with van der Waals surface area (Å²) in [6.45, 7) is 4.00. The Kier molecular flexibility index (Phi) is 15.9. The van der Waals surface area contributed by atoms with Crippen LogP contribution in [0.3, 0.4) is 0 Å². The standard InChI is InChI=1S/C4H8.Ni/c1-3-4-2;/h3-4H,1-2H3;. The molecule has 5 heavy (non-hydrogen) atoms. The van der Waals surface area contributed by atoms with Crippen molar-refractivity contribution < 1.29 is 16.5 Å². The van der Waals surface area contributed by atoms with Crippen LogP contribution in [0.4, 0.5) is 0 Å². The molecule has 0 bridgehead atoms. The van der Waals surface area contributed by atoms with Gasteiger partial charge in [-0.2, -0.15) is 0 Å². The van der Waals surface area contributed by atoms with Crippen LogP contribution in [0.2, 0.25) is 0 Å². The van der Waals surface area contributed by atoms with Crippen LogP contribution in [-0.2, 0) is 16.5 Å². The van der Waals surface area contributed by atoms with Crippen molar-refractivity contribution in [3.8, 4) is 0 Å². The summed E-state index contributed by atoms with van der Waals surface area (Å²) in [5.74, 6) is 0. The molecule has 0 atom stereocenters. The first-order valence-corrected chi connectivity index (χ1v) is 1.49. The van der Waals surface area contributed by atoms with Gasteiger partial charge in [-0.05, 0) is 13.8 Å². The van der Waals surface area contributed by atoms with Crippen LogP contribution in [0, 0.1) is 0 Å². The zero-order chi connectivity index (χ0) is 3.41. The zero-order valence-electron chi connectivity index (χ0n) is 3.47. The minimum atomic E-state index is 0. The van der Waals surface area contributed by atoms with Crippen molar-refractivity contribution >= 4 is 0 Å². The number of allylic oxidation sites excluding steroid dienone is 2. The summed E-state index contributed by atoms with van der Waals surface area (Å²) in [4.78, 5) is 0. The molecule has 0 aromatic heterocycles. The van der Waals surface area contributed by atoms with E-state index in [-0.39, 0.29) is 16.5 Å². The summed E-state index contributed by atoms with van der Waals surface area (Å²) < 4.78 is 0. The quantitative estimate of drug-likeness (QED) is 0.332. The van der Waals surface area contributed by atoms with Gasteiger partial charge in [-0.3, -0.25) is 0 Å². The van der Waals surface area contributed by atoms with E-state index in [0.29, 0.717) is 0 Å². The Morgan fingerprint density at radius 3 is 1.20 bits per heavy atom. The van der Waals surface area contributed by atoms with Gasteiger partial charge < -0.3 is 0 Å². The maximum absolute atomic E-state index is 2.00. The van der Waals surface area contributed by atoms with Gasteiger partial charge in [0.1, 0.15) is 0 Å². The van der Waals surface area contributed by atoms with Crippen molar-refractivity contribution in [3.05, 3.63) is 12.2 Å². The van der Waals surface area contributed by atoms with Gasteiger partial charge in [0.2, 0.25) is 0 Å². The number of hydrogen-bond acceptors (Lipinski definition) is 0. The van der Waals surface area contributed by atoms with Gasteiger partial charge >= 0.3 is 0 Å². The Morgan fingerprint density at radius 1 is 1.00 bits per heavy atom. The molecule has 0 aromatic carbocycles. The van der Waals surface area contributed by atoms with Crippen LogP contribution >= 0.6 is 0 Å². The Bertz CT molecular complexity index is 18.8. The summed E-state index contributed by atoms with van der Waals surface area (Å²) in [7, 11) is 0. The average Bonchev–Trinajstić information content (AvgIpc) is 1.37. The molecule has 0 unspecified atom stereocenters. The second kappa shape index (κ2) is 8.87. The Morgan fingerprint density at radius 2 is 1.20 bits per heavy atom. The molecule has 0 amide bonds. The van der Waals surface area contributed by atoms with Crippen molar-refractivity contribution in [1.29, 1.82) is 0 Å². The summed E-state index contributed by atoms with van der Waals surface area (Å²) in [5.41, 5.74) is 0. The van der Waals surface area contributed by atoms with Gasteiger partial charge in [-0.1, -0.05) is 12.2 Å². The smallest absolute Gasteiger partial charge is 0 e.